The van der Waals surface area contributed by atoms with E-state index in [9.17, 15) is 0 Å². The molecule has 102 valence electrons. The molecule has 19 heavy (non-hydrogen) atoms. The lowest BCUT2D eigenvalue weighted by Gasteiger charge is -2.52. The molecule has 2 fully saturated rings. The summed E-state index contributed by atoms with van der Waals surface area (Å²) in [5.41, 5.74) is 3.18. The molecule has 2 saturated heterocycles. The van der Waals surface area contributed by atoms with E-state index >= 15 is 0 Å². The first kappa shape index (κ1) is 11.8. The third-order valence-electron chi connectivity index (χ3n) is 5.53. The van der Waals surface area contributed by atoms with E-state index in [0.29, 0.717) is 0 Å². The molecular weight excluding hydrogens is 234 g/mol. The lowest BCUT2D eigenvalue weighted by Crippen LogP contribution is -2.54. The minimum Gasteiger partial charge on any atom is -0.497 e. The van der Waals surface area contributed by atoms with Crippen molar-refractivity contribution in [3.8, 4) is 5.75 Å². The minimum absolute atomic E-state index is 0.762. The third kappa shape index (κ3) is 1.80. The Kier molecular flexibility index (Phi) is 2.80. The quantitative estimate of drug-likeness (QED) is 0.766. The molecule has 3 aliphatic rings. The molecule has 2 heterocycles. The summed E-state index contributed by atoms with van der Waals surface area (Å²) in [7, 11) is 1.78. The van der Waals surface area contributed by atoms with E-state index in [1.807, 2.05) is 0 Å². The summed E-state index contributed by atoms with van der Waals surface area (Å²) in [6.07, 6.45) is 6.86. The van der Waals surface area contributed by atoms with Crippen molar-refractivity contribution in [2.45, 2.75) is 44.1 Å². The van der Waals surface area contributed by atoms with Crippen molar-refractivity contribution in [2.24, 2.45) is 5.92 Å². The highest BCUT2D eigenvalue weighted by molar-refractivity contribution is 5.41. The number of hydrogen-bond donors (Lipinski definition) is 0. The van der Waals surface area contributed by atoms with E-state index in [-0.39, 0.29) is 0 Å². The molecule has 0 aromatic heterocycles. The normalized spacial score (nSPS) is 33.4. The van der Waals surface area contributed by atoms with Gasteiger partial charge in [-0.15, -0.1) is 0 Å². The molecule has 1 aromatic rings. The van der Waals surface area contributed by atoms with Crippen molar-refractivity contribution in [3.63, 3.8) is 0 Å². The molecule has 0 spiro atoms. The van der Waals surface area contributed by atoms with Crippen LogP contribution in [0.5, 0.6) is 5.75 Å². The summed E-state index contributed by atoms with van der Waals surface area (Å²) in [5.74, 6) is 2.70. The van der Waals surface area contributed by atoms with Crippen molar-refractivity contribution < 1.29 is 4.74 Å². The average Bonchev–Trinajstić information content (AvgIpc) is 2.47. The van der Waals surface area contributed by atoms with Crippen LogP contribution in [-0.4, -0.2) is 31.1 Å². The van der Waals surface area contributed by atoms with Crippen LogP contribution >= 0.6 is 0 Å². The van der Waals surface area contributed by atoms with Gasteiger partial charge in [-0.2, -0.15) is 0 Å². The van der Waals surface area contributed by atoms with E-state index < -0.39 is 0 Å². The van der Waals surface area contributed by atoms with Gasteiger partial charge < -0.3 is 4.74 Å². The molecular formula is C17H23NO. The third-order valence-corrected chi connectivity index (χ3v) is 5.53. The summed E-state index contributed by atoms with van der Waals surface area (Å²) in [6.45, 7) is 2.66. The Hall–Kier alpha value is -1.02. The van der Waals surface area contributed by atoms with Gasteiger partial charge in [-0.1, -0.05) is 6.07 Å². The molecule has 0 saturated carbocycles. The molecule has 1 aromatic carbocycles. The molecule has 2 aliphatic heterocycles. The van der Waals surface area contributed by atoms with Crippen LogP contribution in [0.3, 0.4) is 0 Å². The van der Waals surface area contributed by atoms with Crippen molar-refractivity contribution in [2.75, 3.05) is 20.2 Å². The molecule has 0 radical (unpaired) electrons. The van der Waals surface area contributed by atoms with Gasteiger partial charge >= 0.3 is 0 Å². The fourth-order valence-corrected chi connectivity index (χ4v) is 4.78. The highest BCUT2D eigenvalue weighted by Crippen LogP contribution is 2.47. The zero-order chi connectivity index (χ0) is 12.8. The van der Waals surface area contributed by atoms with Crippen LogP contribution < -0.4 is 4.74 Å². The number of fused-ring (bicyclic) bond motifs is 2. The molecule has 2 nitrogen and oxygen atoms in total. The number of nitrogens with zero attached hydrogens (tertiary/aromatic N) is 1. The predicted octanol–water partition coefficient (Wildman–Crippen LogP) is 3.21. The second-order valence-electron chi connectivity index (χ2n) is 6.45. The van der Waals surface area contributed by atoms with Crippen molar-refractivity contribution in [3.05, 3.63) is 29.3 Å². The Morgan fingerprint density at radius 1 is 1.16 bits per heavy atom. The smallest absolute Gasteiger partial charge is 0.119 e. The molecule has 3 unspecified atom stereocenters. The Morgan fingerprint density at radius 3 is 2.84 bits per heavy atom. The highest BCUT2D eigenvalue weighted by atomic mass is 16.5. The molecule has 3 atom stereocenters. The van der Waals surface area contributed by atoms with Crippen molar-refractivity contribution in [1.82, 2.24) is 4.90 Å². The van der Waals surface area contributed by atoms with Crippen LogP contribution in [0.2, 0.25) is 0 Å². The lowest BCUT2D eigenvalue weighted by molar-refractivity contribution is 0.0349. The Bertz CT molecular complexity index is 482. The second kappa shape index (κ2) is 4.52. The summed E-state index contributed by atoms with van der Waals surface area (Å²) in [6, 6.07) is 7.59. The Morgan fingerprint density at radius 2 is 2.00 bits per heavy atom. The number of hydrogen-bond acceptors (Lipinski definition) is 2. The Labute approximate surface area is 115 Å². The maximum absolute atomic E-state index is 5.44. The minimum atomic E-state index is 0.762. The summed E-state index contributed by atoms with van der Waals surface area (Å²) < 4.78 is 5.44. The number of methoxy groups -OCH3 is 1. The molecule has 0 bridgehead atoms. The standard InChI is InChI=1S/C17H23NO/c1-19-14-7-6-12-10-13-4-2-8-18-9-3-5-15(17(13)18)16(12)11-14/h6-7,11,13,15,17H,2-5,8-10H2,1H3. The maximum Gasteiger partial charge on any atom is 0.119 e. The molecule has 0 N–H and O–H groups in total. The van der Waals surface area contributed by atoms with Crippen LogP contribution in [0, 0.1) is 5.92 Å². The largest absolute Gasteiger partial charge is 0.497 e. The van der Waals surface area contributed by atoms with Gasteiger partial charge in [0.05, 0.1) is 7.11 Å². The first-order valence-corrected chi connectivity index (χ1v) is 7.77. The highest BCUT2D eigenvalue weighted by Gasteiger charge is 2.43. The topological polar surface area (TPSA) is 12.5 Å². The fraction of sp³-hybridized carbons (Fsp3) is 0.647. The molecule has 4 rings (SSSR count). The van der Waals surface area contributed by atoms with Gasteiger partial charge in [-0.25, -0.2) is 0 Å². The first-order valence-electron chi connectivity index (χ1n) is 7.77. The van der Waals surface area contributed by atoms with Gasteiger partial charge in [0.2, 0.25) is 0 Å². The van der Waals surface area contributed by atoms with E-state index in [0.717, 1.165) is 23.6 Å². The van der Waals surface area contributed by atoms with Crippen molar-refractivity contribution in [1.29, 1.82) is 0 Å². The van der Waals surface area contributed by atoms with Crippen LogP contribution in [-0.2, 0) is 6.42 Å². The van der Waals surface area contributed by atoms with Gasteiger partial charge in [0.1, 0.15) is 5.75 Å². The van der Waals surface area contributed by atoms with Crippen LogP contribution in [0.1, 0.15) is 42.7 Å². The van der Waals surface area contributed by atoms with E-state index in [1.165, 1.54) is 45.2 Å². The average molecular weight is 257 g/mol. The summed E-state index contributed by atoms with van der Waals surface area (Å²) >= 11 is 0. The zero-order valence-electron chi connectivity index (χ0n) is 11.8. The van der Waals surface area contributed by atoms with Crippen LogP contribution in [0.25, 0.3) is 0 Å². The van der Waals surface area contributed by atoms with E-state index in [1.54, 1.807) is 18.2 Å². The Balaban J connectivity index is 1.77. The number of ether oxygens (including phenoxy) is 1. The van der Waals surface area contributed by atoms with Gasteiger partial charge in [0, 0.05) is 12.0 Å². The first-order chi connectivity index (χ1) is 9.36. The van der Waals surface area contributed by atoms with Gasteiger partial charge in [-0.3, -0.25) is 4.90 Å². The summed E-state index contributed by atoms with van der Waals surface area (Å²) in [5, 5.41) is 0. The second-order valence-corrected chi connectivity index (χ2v) is 6.45. The van der Waals surface area contributed by atoms with Crippen LogP contribution in [0.15, 0.2) is 18.2 Å². The lowest BCUT2D eigenvalue weighted by atomic mass is 9.66. The van der Waals surface area contributed by atoms with Crippen LogP contribution in [0.4, 0.5) is 0 Å². The van der Waals surface area contributed by atoms with Gasteiger partial charge in [0.15, 0.2) is 0 Å². The van der Waals surface area contributed by atoms with E-state index in [2.05, 4.69) is 23.1 Å². The summed E-state index contributed by atoms with van der Waals surface area (Å²) in [4.78, 5) is 2.78. The monoisotopic (exact) mass is 257 g/mol. The predicted molar refractivity (Wildman–Crippen MR) is 76.8 cm³/mol. The van der Waals surface area contributed by atoms with Gasteiger partial charge in [-0.05, 0) is 74.4 Å². The SMILES string of the molecule is COc1ccc2c(c1)C1CCCN3CCCC(C2)C13. The fourth-order valence-electron chi connectivity index (χ4n) is 4.78. The van der Waals surface area contributed by atoms with Gasteiger partial charge in [0.25, 0.3) is 0 Å². The van der Waals surface area contributed by atoms with E-state index in [4.69, 9.17) is 4.74 Å². The molecule has 0 amide bonds. The molecule has 2 heteroatoms. The maximum atomic E-state index is 5.44. The zero-order valence-corrected chi connectivity index (χ0v) is 11.8. The number of rotatable bonds is 1. The van der Waals surface area contributed by atoms with Crippen molar-refractivity contribution >= 4 is 0 Å². The molecule has 1 aliphatic carbocycles. The number of piperidine rings is 2. The number of benzene rings is 1.